The number of benzene rings is 1. The number of rotatable bonds is 2. The van der Waals surface area contributed by atoms with Crippen LogP contribution in [0.5, 0.6) is 5.75 Å². The minimum absolute atomic E-state index is 0.0469. The van der Waals surface area contributed by atoms with Crippen LogP contribution < -0.4 is 10.1 Å². The molecule has 1 saturated carbocycles. The van der Waals surface area contributed by atoms with Gasteiger partial charge in [0.15, 0.2) is 0 Å². The first-order valence-corrected chi connectivity index (χ1v) is 8.89. The van der Waals surface area contributed by atoms with E-state index in [4.69, 9.17) is 9.84 Å². The molecule has 1 aromatic rings. The number of amides is 2. The molecule has 2 N–H and O–H groups in total. The molecule has 6 heteroatoms. The van der Waals surface area contributed by atoms with Gasteiger partial charge in [-0.1, -0.05) is 18.2 Å². The van der Waals surface area contributed by atoms with Gasteiger partial charge in [-0.25, -0.2) is 4.79 Å². The van der Waals surface area contributed by atoms with Crippen LogP contribution in [0.3, 0.4) is 0 Å². The van der Waals surface area contributed by atoms with Crippen molar-refractivity contribution < 1.29 is 19.4 Å². The van der Waals surface area contributed by atoms with E-state index >= 15 is 0 Å². The highest BCUT2D eigenvalue weighted by atomic mass is 16.5. The van der Waals surface area contributed by atoms with Crippen molar-refractivity contribution in [3.63, 3.8) is 0 Å². The number of hydrogen-bond donors (Lipinski definition) is 2. The molecule has 0 atom stereocenters. The van der Waals surface area contributed by atoms with Crippen molar-refractivity contribution in [3.8, 4) is 5.75 Å². The maximum Gasteiger partial charge on any atom is 0.318 e. The Morgan fingerprint density at radius 3 is 2.56 bits per heavy atom. The van der Waals surface area contributed by atoms with Crippen molar-refractivity contribution in [2.75, 3.05) is 6.54 Å². The lowest BCUT2D eigenvalue weighted by Crippen LogP contribution is -2.50. The van der Waals surface area contributed by atoms with Gasteiger partial charge < -0.3 is 20.1 Å². The molecule has 1 heterocycles. The lowest BCUT2D eigenvalue weighted by Gasteiger charge is -2.32. The second-order valence-corrected chi connectivity index (χ2v) is 7.66. The highest BCUT2D eigenvalue weighted by Gasteiger charge is 2.33. The fourth-order valence-corrected chi connectivity index (χ4v) is 3.68. The van der Waals surface area contributed by atoms with E-state index < -0.39 is 11.6 Å². The Kier molecular flexibility index (Phi) is 4.88. The Labute approximate surface area is 148 Å². The fraction of sp³-hybridized carbons (Fsp3) is 0.579. The van der Waals surface area contributed by atoms with Crippen molar-refractivity contribution in [1.29, 1.82) is 0 Å². The zero-order valence-electron chi connectivity index (χ0n) is 14.8. The van der Waals surface area contributed by atoms with Gasteiger partial charge in [-0.05, 0) is 45.6 Å². The normalized spacial score (nSPS) is 25.3. The average Bonchev–Trinajstić information content (AvgIpc) is 2.69. The zero-order valence-corrected chi connectivity index (χ0v) is 14.8. The van der Waals surface area contributed by atoms with E-state index in [1.165, 1.54) is 0 Å². The number of carboxylic acids is 1. The number of carbonyl (C=O) groups excluding carboxylic acids is 1. The van der Waals surface area contributed by atoms with Gasteiger partial charge in [0.1, 0.15) is 11.4 Å². The highest BCUT2D eigenvalue weighted by Crippen LogP contribution is 2.30. The summed E-state index contributed by atoms with van der Waals surface area (Å²) in [6, 6.07) is 7.74. The fourth-order valence-electron chi connectivity index (χ4n) is 3.68. The molecule has 1 aliphatic heterocycles. The molecular formula is C19H26N2O4. The van der Waals surface area contributed by atoms with Gasteiger partial charge in [-0.3, -0.25) is 4.79 Å². The number of carboxylic acid groups (broad SMARTS) is 1. The van der Waals surface area contributed by atoms with Crippen LogP contribution in [0.25, 0.3) is 0 Å². The van der Waals surface area contributed by atoms with Crippen LogP contribution in [0.1, 0.15) is 45.1 Å². The van der Waals surface area contributed by atoms with E-state index in [0.29, 0.717) is 38.8 Å². The summed E-state index contributed by atoms with van der Waals surface area (Å²) >= 11 is 0. The van der Waals surface area contributed by atoms with Crippen molar-refractivity contribution in [2.45, 2.75) is 57.7 Å². The first-order valence-electron chi connectivity index (χ1n) is 8.89. The molecular weight excluding hydrogens is 320 g/mol. The molecule has 136 valence electrons. The molecule has 25 heavy (non-hydrogen) atoms. The van der Waals surface area contributed by atoms with Gasteiger partial charge in [0, 0.05) is 11.6 Å². The third-order valence-electron chi connectivity index (χ3n) is 4.98. The van der Waals surface area contributed by atoms with Crippen molar-refractivity contribution in [3.05, 3.63) is 29.8 Å². The third kappa shape index (κ3) is 4.24. The van der Waals surface area contributed by atoms with Gasteiger partial charge in [0.05, 0.1) is 19.0 Å². The van der Waals surface area contributed by atoms with Crippen LogP contribution in [0.4, 0.5) is 4.79 Å². The molecule has 1 aromatic carbocycles. The standard InChI is InChI=1S/C19H26N2O4/c1-19(2)12-21(11-14-5-3-4-6-16(14)25-19)18(24)20-15-9-7-13(8-10-15)17(22)23/h3-6,13,15H,7-12H2,1-2H3,(H,20,24)(H,22,23). The van der Waals surface area contributed by atoms with Gasteiger partial charge in [0.2, 0.25) is 0 Å². The Morgan fingerprint density at radius 2 is 1.88 bits per heavy atom. The number of urea groups is 1. The number of ether oxygens (including phenoxy) is 1. The van der Waals surface area contributed by atoms with Crippen LogP contribution in [0.2, 0.25) is 0 Å². The Morgan fingerprint density at radius 1 is 1.20 bits per heavy atom. The molecule has 2 aliphatic rings. The van der Waals surface area contributed by atoms with Crippen LogP contribution >= 0.6 is 0 Å². The molecule has 0 unspecified atom stereocenters. The minimum atomic E-state index is -0.729. The summed E-state index contributed by atoms with van der Waals surface area (Å²) in [5.41, 5.74) is 0.531. The predicted octanol–water partition coefficient (Wildman–Crippen LogP) is 3.01. The van der Waals surface area contributed by atoms with Gasteiger partial charge >= 0.3 is 12.0 Å². The number of nitrogens with one attached hydrogen (secondary N) is 1. The predicted molar refractivity (Wildman–Crippen MR) is 93.5 cm³/mol. The van der Waals surface area contributed by atoms with Crippen LogP contribution in [-0.2, 0) is 11.3 Å². The first kappa shape index (κ1) is 17.6. The molecule has 1 aliphatic carbocycles. The monoisotopic (exact) mass is 346 g/mol. The van der Waals surface area contributed by atoms with Crippen molar-refractivity contribution in [2.24, 2.45) is 5.92 Å². The average molecular weight is 346 g/mol. The molecule has 0 aromatic heterocycles. The SMILES string of the molecule is CC1(C)CN(C(=O)NC2CCC(C(=O)O)CC2)Cc2ccccc2O1. The number of hydrogen-bond acceptors (Lipinski definition) is 3. The lowest BCUT2D eigenvalue weighted by molar-refractivity contribution is -0.142. The van der Waals surface area contributed by atoms with Crippen LogP contribution in [0, 0.1) is 5.92 Å². The number of para-hydroxylation sites is 1. The zero-order chi connectivity index (χ0) is 18.0. The summed E-state index contributed by atoms with van der Waals surface area (Å²) in [6.07, 6.45) is 2.68. The second kappa shape index (κ2) is 6.94. The molecule has 1 fully saturated rings. The van der Waals surface area contributed by atoms with Gasteiger partial charge in [0.25, 0.3) is 0 Å². The topological polar surface area (TPSA) is 78.9 Å². The van der Waals surface area contributed by atoms with E-state index in [2.05, 4.69) is 5.32 Å². The van der Waals surface area contributed by atoms with Gasteiger partial charge in [-0.15, -0.1) is 0 Å². The van der Waals surface area contributed by atoms with E-state index in [1.54, 1.807) is 4.90 Å². The Balaban J connectivity index is 1.65. The number of fused-ring (bicyclic) bond motifs is 1. The van der Waals surface area contributed by atoms with E-state index in [9.17, 15) is 9.59 Å². The van der Waals surface area contributed by atoms with Crippen molar-refractivity contribution >= 4 is 12.0 Å². The van der Waals surface area contributed by atoms with Crippen LogP contribution in [-0.4, -0.2) is 40.2 Å². The molecule has 0 bridgehead atoms. The molecule has 2 amide bonds. The van der Waals surface area contributed by atoms with Gasteiger partial charge in [-0.2, -0.15) is 0 Å². The summed E-state index contributed by atoms with van der Waals surface area (Å²) in [7, 11) is 0. The minimum Gasteiger partial charge on any atom is -0.486 e. The van der Waals surface area contributed by atoms with Crippen molar-refractivity contribution in [1.82, 2.24) is 10.2 Å². The first-order chi connectivity index (χ1) is 11.8. The number of aliphatic carboxylic acids is 1. The smallest absolute Gasteiger partial charge is 0.318 e. The number of carbonyl (C=O) groups is 2. The largest absolute Gasteiger partial charge is 0.486 e. The summed E-state index contributed by atoms with van der Waals surface area (Å²) in [6.45, 7) is 4.97. The third-order valence-corrected chi connectivity index (χ3v) is 4.98. The molecule has 0 radical (unpaired) electrons. The highest BCUT2D eigenvalue weighted by molar-refractivity contribution is 5.75. The number of nitrogens with zero attached hydrogens (tertiary/aromatic N) is 1. The Bertz CT molecular complexity index is 651. The summed E-state index contributed by atoms with van der Waals surface area (Å²) < 4.78 is 6.07. The molecule has 0 spiro atoms. The van der Waals surface area contributed by atoms with Crippen LogP contribution in [0.15, 0.2) is 24.3 Å². The Hall–Kier alpha value is -2.24. The second-order valence-electron chi connectivity index (χ2n) is 7.66. The molecule has 3 rings (SSSR count). The lowest BCUT2D eigenvalue weighted by atomic mass is 9.86. The maximum absolute atomic E-state index is 12.8. The quantitative estimate of drug-likeness (QED) is 0.863. The summed E-state index contributed by atoms with van der Waals surface area (Å²) in [4.78, 5) is 25.6. The van der Waals surface area contributed by atoms with E-state index in [-0.39, 0.29) is 18.0 Å². The summed E-state index contributed by atoms with van der Waals surface area (Å²) in [5, 5.41) is 12.2. The van der Waals surface area contributed by atoms with E-state index in [0.717, 1.165) is 11.3 Å². The van der Waals surface area contributed by atoms with E-state index in [1.807, 2.05) is 38.1 Å². The molecule has 0 saturated heterocycles. The molecule has 6 nitrogen and oxygen atoms in total. The maximum atomic E-state index is 12.8. The summed E-state index contributed by atoms with van der Waals surface area (Å²) in [5.74, 6) is -0.178.